The summed E-state index contributed by atoms with van der Waals surface area (Å²) in [5.41, 5.74) is 0.526. The third-order valence-corrected chi connectivity index (χ3v) is 2.83. The number of esters is 1. The Bertz CT molecular complexity index is 376. The van der Waals surface area contributed by atoms with E-state index in [2.05, 4.69) is 0 Å². The number of aliphatic hydroxyl groups is 1. The number of carbonyl (C=O) groups is 1. The van der Waals surface area contributed by atoms with Crippen molar-refractivity contribution in [1.82, 2.24) is 0 Å². The second-order valence-electron chi connectivity index (χ2n) is 4.24. The smallest absolute Gasteiger partial charge is 0.338 e. The van der Waals surface area contributed by atoms with Gasteiger partial charge < -0.3 is 14.6 Å². The molecule has 2 rings (SSSR count). The summed E-state index contributed by atoms with van der Waals surface area (Å²) in [5.74, 6) is -0.358. The molecule has 0 amide bonds. The Morgan fingerprint density at radius 3 is 2.76 bits per heavy atom. The highest BCUT2D eigenvalue weighted by molar-refractivity contribution is 5.89. The summed E-state index contributed by atoms with van der Waals surface area (Å²) >= 11 is 0. The molecule has 1 N–H and O–H groups in total. The van der Waals surface area contributed by atoms with Gasteiger partial charge in [-0.1, -0.05) is 18.2 Å². The first kappa shape index (κ1) is 12.1. The molecule has 1 heterocycles. The zero-order valence-corrected chi connectivity index (χ0v) is 9.70. The van der Waals surface area contributed by atoms with E-state index < -0.39 is 6.10 Å². The lowest BCUT2D eigenvalue weighted by Gasteiger charge is -2.18. The lowest BCUT2D eigenvalue weighted by molar-refractivity contribution is -0.0219. The fourth-order valence-corrected chi connectivity index (χ4v) is 1.85. The van der Waals surface area contributed by atoms with E-state index in [4.69, 9.17) is 9.47 Å². The lowest BCUT2D eigenvalue weighted by Crippen LogP contribution is -2.28. The number of aliphatic hydroxyl groups excluding tert-OH is 1. The molecule has 1 saturated heterocycles. The molecule has 17 heavy (non-hydrogen) atoms. The molecular weight excluding hydrogens is 220 g/mol. The quantitative estimate of drug-likeness (QED) is 0.806. The molecule has 1 aliphatic heterocycles. The molecule has 0 spiro atoms. The Kier molecular flexibility index (Phi) is 3.76. The average molecular weight is 236 g/mol. The van der Waals surface area contributed by atoms with Crippen LogP contribution in [0.2, 0.25) is 0 Å². The van der Waals surface area contributed by atoms with Crippen LogP contribution in [-0.4, -0.2) is 36.0 Å². The molecule has 1 aromatic carbocycles. The molecule has 1 aromatic rings. The molecule has 4 nitrogen and oxygen atoms in total. The van der Waals surface area contributed by atoms with Gasteiger partial charge in [-0.25, -0.2) is 4.79 Å². The van der Waals surface area contributed by atoms with Gasteiger partial charge in [-0.05, 0) is 19.1 Å². The largest absolute Gasteiger partial charge is 0.456 e. The van der Waals surface area contributed by atoms with E-state index in [1.807, 2.05) is 6.07 Å². The number of carbonyl (C=O) groups excluding carboxylic acids is 1. The van der Waals surface area contributed by atoms with Gasteiger partial charge in [0.15, 0.2) is 0 Å². The summed E-state index contributed by atoms with van der Waals surface area (Å²) in [6.45, 7) is 2.10. The van der Waals surface area contributed by atoms with Crippen LogP contribution < -0.4 is 0 Å². The van der Waals surface area contributed by atoms with Crippen LogP contribution >= 0.6 is 0 Å². The van der Waals surface area contributed by atoms with Crippen LogP contribution in [0.4, 0.5) is 0 Å². The van der Waals surface area contributed by atoms with Crippen molar-refractivity contribution < 1.29 is 19.4 Å². The van der Waals surface area contributed by atoms with Crippen molar-refractivity contribution in [2.45, 2.75) is 31.7 Å². The maximum atomic E-state index is 11.8. The molecule has 4 heteroatoms. The Morgan fingerprint density at radius 1 is 1.47 bits per heavy atom. The molecule has 92 valence electrons. The van der Waals surface area contributed by atoms with Crippen molar-refractivity contribution in [1.29, 1.82) is 0 Å². The Balaban J connectivity index is 1.91. The van der Waals surface area contributed by atoms with E-state index in [0.717, 1.165) is 0 Å². The number of hydrogen-bond acceptors (Lipinski definition) is 4. The third-order valence-electron chi connectivity index (χ3n) is 2.83. The lowest BCUT2D eigenvalue weighted by atomic mass is 10.1. The van der Waals surface area contributed by atoms with Crippen LogP contribution in [0.25, 0.3) is 0 Å². The van der Waals surface area contributed by atoms with Gasteiger partial charge in [0.05, 0.1) is 24.4 Å². The van der Waals surface area contributed by atoms with E-state index >= 15 is 0 Å². The monoisotopic (exact) mass is 236 g/mol. The molecule has 0 radical (unpaired) electrons. The minimum Gasteiger partial charge on any atom is -0.456 e. The number of hydrogen-bond donors (Lipinski definition) is 1. The van der Waals surface area contributed by atoms with E-state index in [1.165, 1.54) is 0 Å². The summed E-state index contributed by atoms with van der Waals surface area (Å²) in [4.78, 5) is 11.8. The Morgan fingerprint density at radius 2 is 2.18 bits per heavy atom. The molecule has 1 fully saturated rings. The van der Waals surface area contributed by atoms with E-state index in [9.17, 15) is 9.90 Å². The predicted molar refractivity (Wildman–Crippen MR) is 61.7 cm³/mol. The van der Waals surface area contributed by atoms with Crippen molar-refractivity contribution in [3.63, 3.8) is 0 Å². The topological polar surface area (TPSA) is 55.8 Å². The van der Waals surface area contributed by atoms with Gasteiger partial charge in [-0.2, -0.15) is 0 Å². The summed E-state index contributed by atoms with van der Waals surface area (Å²) < 4.78 is 10.6. The summed E-state index contributed by atoms with van der Waals surface area (Å²) in [5, 5.41) is 9.33. The van der Waals surface area contributed by atoms with E-state index in [0.29, 0.717) is 18.6 Å². The normalized spacial score (nSPS) is 25.5. The molecule has 0 bridgehead atoms. The van der Waals surface area contributed by atoms with Crippen molar-refractivity contribution in [2.75, 3.05) is 6.61 Å². The fourth-order valence-electron chi connectivity index (χ4n) is 1.85. The molecule has 3 atom stereocenters. The minimum absolute atomic E-state index is 0.210. The van der Waals surface area contributed by atoms with Crippen LogP contribution in [-0.2, 0) is 9.47 Å². The van der Waals surface area contributed by atoms with Crippen molar-refractivity contribution in [3.05, 3.63) is 35.9 Å². The van der Waals surface area contributed by atoms with E-state index in [-0.39, 0.29) is 18.2 Å². The van der Waals surface area contributed by atoms with Gasteiger partial charge in [0.2, 0.25) is 0 Å². The van der Waals surface area contributed by atoms with Crippen molar-refractivity contribution in [3.8, 4) is 0 Å². The molecule has 0 aliphatic carbocycles. The van der Waals surface area contributed by atoms with Gasteiger partial charge in [-0.15, -0.1) is 0 Å². The third kappa shape index (κ3) is 3.05. The molecular formula is C13H16O4. The van der Waals surface area contributed by atoms with Crippen molar-refractivity contribution in [2.24, 2.45) is 0 Å². The molecule has 3 unspecified atom stereocenters. The van der Waals surface area contributed by atoms with Gasteiger partial charge in [0.1, 0.15) is 6.10 Å². The highest BCUT2D eigenvalue weighted by atomic mass is 16.6. The van der Waals surface area contributed by atoms with Crippen LogP contribution in [0.5, 0.6) is 0 Å². The predicted octanol–water partition coefficient (Wildman–Crippen LogP) is 1.38. The number of ether oxygens (including phenoxy) is 2. The Hall–Kier alpha value is -1.39. The summed E-state index contributed by atoms with van der Waals surface area (Å²) in [6, 6.07) is 8.84. The first-order valence-electron chi connectivity index (χ1n) is 5.72. The van der Waals surface area contributed by atoms with Gasteiger partial charge >= 0.3 is 5.97 Å². The number of rotatable bonds is 3. The average Bonchev–Trinajstić information content (AvgIpc) is 2.77. The van der Waals surface area contributed by atoms with Gasteiger partial charge in [0, 0.05) is 6.42 Å². The Labute approximate surface area is 100 Å². The van der Waals surface area contributed by atoms with Gasteiger partial charge in [0.25, 0.3) is 0 Å². The van der Waals surface area contributed by atoms with Crippen LogP contribution in [0, 0.1) is 0 Å². The zero-order chi connectivity index (χ0) is 12.3. The zero-order valence-electron chi connectivity index (χ0n) is 9.70. The minimum atomic E-state index is -0.446. The van der Waals surface area contributed by atoms with Crippen LogP contribution in [0.1, 0.15) is 23.7 Å². The molecule has 0 aromatic heterocycles. The maximum absolute atomic E-state index is 11.8. The first-order chi connectivity index (χ1) is 8.16. The van der Waals surface area contributed by atoms with Crippen molar-refractivity contribution >= 4 is 5.97 Å². The second kappa shape index (κ2) is 5.29. The van der Waals surface area contributed by atoms with Gasteiger partial charge in [-0.3, -0.25) is 0 Å². The van der Waals surface area contributed by atoms with Crippen LogP contribution in [0.15, 0.2) is 30.3 Å². The summed E-state index contributed by atoms with van der Waals surface area (Å²) in [7, 11) is 0. The molecule has 1 aliphatic rings. The molecule has 0 saturated carbocycles. The van der Waals surface area contributed by atoms with E-state index in [1.54, 1.807) is 31.2 Å². The SMILES string of the molecule is CC(OC(=O)c1ccccc1)C1CC(O)CO1. The highest BCUT2D eigenvalue weighted by Crippen LogP contribution is 2.19. The highest BCUT2D eigenvalue weighted by Gasteiger charge is 2.30. The number of benzene rings is 1. The second-order valence-corrected chi connectivity index (χ2v) is 4.24. The van der Waals surface area contributed by atoms with Crippen LogP contribution in [0.3, 0.4) is 0 Å². The fraction of sp³-hybridized carbons (Fsp3) is 0.462. The summed E-state index contributed by atoms with van der Waals surface area (Å²) in [6.07, 6.45) is -0.487. The standard InChI is InChI=1S/C13H16O4/c1-9(12-7-11(14)8-16-12)17-13(15)10-5-3-2-4-6-10/h2-6,9,11-12,14H,7-8H2,1H3. The maximum Gasteiger partial charge on any atom is 0.338 e. The first-order valence-corrected chi connectivity index (χ1v) is 5.72.